The van der Waals surface area contributed by atoms with Crippen LogP contribution in [0.25, 0.3) is 0 Å². The first kappa shape index (κ1) is 14.4. The van der Waals surface area contributed by atoms with Gasteiger partial charge < -0.3 is 5.32 Å². The van der Waals surface area contributed by atoms with E-state index in [-0.39, 0.29) is 21.7 Å². The number of carbonyl (C=O) groups excluding carboxylic acids is 2. The standard InChI is InChI=1S/C13H9Cl2N3O2/c1-7(19)8-3-2-4-9(5-8)16-13(20)10-6-11(14)17-18-12(10)15/h2-6H,1H3,(H,16,20). The van der Waals surface area contributed by atoms with Crippen LogP contribution in [0.3, 0.4) is 0 Å². The largest absolute Gasteiger partial charge is 0.322 e. The first-order valence-electron chi connectivity index (χ1n) is 5.58. The average Bonchev–Trinajstić information content (AvgIpc) is 2.41. The molecule has 1 N–H and O–H groups in total. The number of ketones is 1. The van der Waals surface area contributed by atoms with Crippen LogP contribution in [-0.4, -0.2) is 21.9 Å². The van der Waals surface area contributed by atoms with Crippen molar-refractivity contribution in [1.29, 1.82) is 0 Å². The second-order valence-electron chi connectivity index (χ2n) is 3.96. The highest BCUT2D eigenvalue weighted by molar-refractivity contribution is 6.34. The number of nitrogens with one attached hydrogen (secondary N) is 1. The Balaban J connectivity index is 2.25. The van der Waals surface area contributed by atoms with Crippen LogP contribution in [0.1, 0.15) is 27.6 Å². The zero-order chi connectivity index (χ0) is 14.7. The lowest BCUT2D eigenvalue weighted by Gasteiger charge is -2.07. The lowest BCUT2D eigenvalue weighted by atomic mass is 10.1. The molecule has 0 saturated carbocycles. The van der Waals surface area contributed by atoms with Gasteiger partial charge >= 0.3 is 0 Å². The number of halogens is 2. The van der Waals surface area contributed by atoms with E-state index in [0.29, 0.717) is 11.3 Å². The summed E-state index contributed by atoms with van der Waals surface area (Å²) in [6.45, 7) is 1.45. The maximum atomic E-state index is 12.1. The quantitative estimate of drug-likeness (QED) is 0.883. The van der Waals surface area contributed by atoms with E-state index in [1.807, 2.05) is 0 Å². The molecule has 0 atom stereocenters. The van der Waals surface area contributed by atoms with Crippen molar-refractivity contribution in [1.82, 2.24) is 10.2 Å². The van der Waals surface area contributed by atoms with Gasteiger partial charge in [-0.2, -0.15) is 0 Å². The van der Waals surface area contributed by atoms with Crippen molar-refractivity contribution in [3.8, 4) is 0 Å². The second-order valence-corrected chi connectivity index (χ2v) is 4.71. The zero-order valence-electron chi connectivity index (χ0n) is 10.4. The van der Waals surface area contributed by atoms with Gasteiger partial charge in [-0.15, -0.1) is 10.2 Å². The third-order valence-electron chi connectivity index (χ3n) is 2.49. The molecule has 2 rings (SSSR count). The van der Waals surface area contributed by atoms with Gasteiger partial charge in [0, 0.05) is 11.3 Å². The Bertz CT molecular complexity index is 689. The van der Waals surface area contributed by atoms with Crippen LogP contribution in [0.2, 0.25) is 10.3 Å². The summed E-state index contributed by atoms with van der Waals surface area (Å²) < 4.78 is 0. The molecule has 1 aromatic carbocycles. The van der Waals surface area contributed by atoms with Gasteiger partial charge in [0.1, 0.15) is 0 Å². The molecular formula is C13H9Cl2N3O2. The molecule has 0 bridgehead atoms. The normalized spacial score (nSPS) is 10.2. The van der Waals surface area contributed by atoms with Gasteiger partial charge in [-0.3, -0.25) is 9.59 Å². The predicted molar refractivity (Wildman–Crippen MR) is 76.5 cm³/mol. The van der Waals surface area contributed by atoms with Gasteiger partial charge in [0.15, 0.2) is 16.1 Å². The van der Waals surface area contributed by atoms with Crippen molar-refractivity contribution in [3.05, 3.63) is 51.8 Å². The smallest absolute Gasteiger partial charge is 0.258 e. The third-order valence-corrected chi connectivity index (χ3v) is 2.95. The summed E-state index contributed by atoms with van der Waals surface area (Å²) >= 11 is 11.5. The fourth-order valence-electron chi connectivity index (χ4n) is 1.53. The summed E-state index contributed by atoms with van der Waals surface area (Å²) in [6, 6.07) is 7.89. The summed E-state index contributed by atoms with van der Waals surface area (Å²) in [6.07, 6.45) is 0. The van der Waals surface area contributed by atoms with E-state index in [0.717, 1.165) is 0 Å². The molecule has 20 heavy (non-hydrogen) atoms. The van der Waals surface area contributed by atoms with E-state index in [1.165, 1.54) is 13.0 Å². The Labute approximate surface area is 124 Å². The zero-order valence-corrected chi connectivity index (χ0v) is 11.9. The Kier molecular flexibility index (Phi) is 4.32. The molecule has 0 spiro atoms. The second kappa shape index (κ2) is 5.98. The minimum absolute atomic E-state index is 0.0466. The maximum Gasteiger partial charge on any atom is 0.258 e. The van der Waals surface area contributed by atoms with Crippen LogP contribution in [0.15, 0.2) is 30.3 Å². The molecule has 0 aliphatic rings. The average molecular weight is 310 g/mol. The summed E-state index contributed by atoms with van der Waals surface area (Å²) in [5.41, 5.74) is 1.09. The minimum atomic E-state index is -0.479. The lowest BCUT2D eigenvalue weighted by molar-refractivity contribution is 0.101. The van der Waals surface area contributed by atoms with Gasteiger partial charge in [0.2, 0.25) is 0 Å². The summed E-state index contributed by atoms with van der Waals surface area (Å²) in [5, 5.41) is 9.72. The molecule has 2 aromatic rings. The molecule has 0 radical (unpaired) electrons. The number of carbonyl (C=O) groups is 2. The van der Waals surface area contributed by atoms with Gasteiger partial charge in [0.25, 0.3) is 5.91 Å². The van der Waals surface area contributed by atoms with Gasteiger partial charge in [-0.05, 0) is 25.1 Å². The highest BCUT2D eigenvalue weighted by Crippen LogP contribution is 2.18. The predicted octanol–water partition coefficient (Wildman–Crippen LogP) is 3.24. The number of nitrogens with zero attached hydrogens (tertiary/aromatic N) is 2. The van der Waals surface area contributed by atoms with Crippen LogP contribution in [0.5, 0.6) is 0 Å². The molecule has 7 heteroatoms. The van der Waals surface area contributed by atoms with Gasteiger partial charge in [-0.25, -0.2) is 0 Å². The van der Waals surface area contributed by atoms with Gasteiger partial charge in [-0.1, -0.05) is 35.3 Å². The van der Waals surface area contributed by atoms with Crippen LogP contribution >= 0.6 is 23.2 Å². The van der Waals surface area contributed by atoms with Gasteiger partial charge in [0.05, 0.1) is 5.56 Å². The van der Waals surface area contributed by atoms with Crippen molar-refractivity contribution in [2.75, 3.05) is 5.32 Å². The first-order valence-corrected chi connectivity index (χ1v) is 6.34. The van der Waals surface area contributed by atoms with E-state index in [4.69, 9.17) is 23.2 Å². The summed E-state index contributed by atoms with van der Waals surface area (Å²) in [7, 11) is 0. The number of rotatable bonds is 3. The molecule has 0 unspecified atom stereocenters. The van der Waals surface area contributed by atoms with Crippen molar-refractivity contribution in [3.63, 3.8) is 0 Å². The molecule has 0 aliphatic heterocycles. The van der Waals surface area contributed by atoms with Crippen LogP contribution < -0.4 is 5.32 Å². The highest BCUT2D eigenvalue weighted by Gasteiger charge is 2.13. The third kappa shape index (κ3) is 3.31. The van der Waals surface area contributed by atoms with Crippen LogP contribution in [-0.2, 0) is 0 Å². The molecule has 102 valence electrons. The number of amides is 1. The number of benzene rings is 1. The summed E-state index contributed by atoms with van der Waals surface area (Å²) in [4.78, 5) is 23.3. The number of hydrogen-bond acceptors (Lipinski definition) is 4. The van der Waals surface area contributed by atoms with E-state index < -0.39 is 5.91 Å². The van der Waals surface area contributed by atoms with Crippen molar-refractivity contribution < 1.29 is 9.59 Å². The van der Waals surface area contributed by atoms with E-state index in [9.17, 15) is 9.59 Å². The molecule has 0 fully saturated rings. The molecule has 0 saturated heterocycles. The topological polar surface area (TPSA) is 72.0 Å². The van der Waals surface area contributed by atoms with Crippen molar-refractivity contribution in [2.24, 2.45) is 0 Å². The minimum Gasteiger partial charge on any atom is -0.322 e. The Morgan fingerprint density at radius 2 is 1.90 bits per heavy atom. The fourth-order valence-corrected chi connectivity index (χ4v) is 1.85. The molecule has 0 aliphatic carbocycles. The van der Waals surface area contributed by atoms with Crippen molar-refractivity contribution in [2.45, 2.75) is 6.92 Å². The van der Waals surface area contributed by atoms with E-state index in [1.54, 1.807) is 24.3 Å². The number of Topliss-reactive ketones (excluding diaryl/α,β-unsaturated/α-hetero) is 1. The molecular weight excluding hydrogens is 301 g/mol. The van der Waals surface area contributed by atoms with Crippen molar-refractivity contribution >= 4 is 40.6 Å². The number of anilines is 1. The van der Waals surface area contributed by atoms with Crippen LogP contribution in [0.4, 0.5) is 5.69 Å². The Morgan fingerprint density at radius 1 is 1.15 bits per heavy atom. The lowest BCUT2D eigenvalue weighted by Crippen LogP contribution is -2.13. The molecule has 1 heterocycles. The monoisotopic (exact) mass is 309 g/mol. The van der Waals surface area contributed by atoms with E-state index in [2.05, 4.69) is 15.5 Å². The number of aromatic nitrogens is 2. The maximum absolute atomic E-state index is 12.1. The first-order chi connectivity index (χ1) is 9.47. The Hall–Kier alpha value is -1.98. The fraction of sp³-hybridized carbons (Fsp3) is 0.0769. The molecule has 5 nitrogen and oxygen atoms in total. The molecule has 1 amide bonds. The summed E-state index contributed by atoms with van der Waals surface area (Å²) in [5.74, 6) is -0.569. The van der Waals surface area contributed by atoms with Crippen LogP contribution in [0, 0.1) is 0 Å². The Morgan fingerprint density at radius 3 is 2.60 bits per heavy atom. The molecule has 1 aromatic heterocycles. The SMILES string of the molecule is CC(=O)c1cccc(NC(=O)c2cc(Cl)nnc2Cl)c1. The number of hydrogen-bond donors (Lipinski definition) is 1. The highest BCUT2D eigenvalue weighted by atomic mass is 35.5. The van der Waals surface area contributed by atoms with E-state index >= 15 is 0 Å².